The predicted octanol–water partition coefficient (Wildman–Crippen LogP) is 4.62. The van der Waals surface area contributed by atoms with Gasteiger partial charge in [0.15, 0.2) is 10.9 Å². The number of pyridine rings is 2. The van der Waals surface area contributed by atoms with Gasteiger partial charge in [0.25, 0.3) is 17.4 Å². The zero-order valence-corrected chi connectivity index (χ0v) is 41.2. The molecule has 4 aromatic heterocycles. The van der Waals surface area contributed by atoms with Crippen LogP contribution < -0.4 is 31.7 Å². The van der Waals surface area contributed by atoms with Gasteiger partial charge in [0.1, 0.15) is 11.5 Å². The van der Waals surface area contributed by atoms with Crippen LogP contribution in [0.4, 0.5) is 22.6 Å². The summed E-state index contributed by atoms with van der Waals surface area (Å²) >= 11 is 1.40. The van der Waals surface area contributed by atoms with Crippen molar-refractivity contribution in [2.45, 2.75) is 59.4 Å². The molecule has 1 saturated heterocycles. The molecule has 7 rings (SSSR count). The fraction of sp³-hybridized carbons (Fsp3) is 0.490. The summed E-state index contributed by atoms with van der Waals surface area (Å²) in [6, 6.07) is 8.80. The van der Waals surface area contributed by atoms with E-state index in [-0.39, 0.29) is 40.7 Å². The molecule has 4 N–H and O–H groups in total. The first-order chi connectivity index (χ1) is 33.9. The largest absolute Gasteiger partial charge is 0.377 e. The fourth-order valence-corrected chi connectivity index (χ4v) is 9.15. The van der Waals surface area contributed by atoms with Crippen molar-refractivity contribution in [2.75, 3.05) is 114 Å². The minimum absolute atomic E-state index is 0.00426. The van der Waals surface area contributed by atoms with E-state index in [9.17, 15) is 24.0 Å². The number of ether oxygens (including phenoxy) is 4. The summed E-state index contributed by atoms with van der Waals surface area (Å²) in [6.45, 7) is 14.0. The summed E-state index contributed by atoms with van der Waals surface area (Å²) in [5.41, 5.74) is 3.63. The SMILES string of the molecule is CC(=O)c1c(C)c2cnc(Nc3ccc(N4CCN(CC(=O)NCCOCCOCCOCCOCCNC(=O)c5ccc(C(=O)Nc6ncc(C)s6)c(C)c5)CC4)cn3)nc2n(C2CCCC2)c1=O. The normalized spacial score (nSPS) is 14.3. The van der Waals surface area contributed by atoms with Gasteiger partial charge < -0.3 is 39.8 Å². The van der Waals surface area contributed by atoms with Gasteiger partial charge in [-0.15, -0.1) is 11.3 Å². The van der Waals surface area contributed by atoms with E-state index in [2.05, 4.69) is 46.0 Å². The van der Waals surface area contributed by atoms with Crippen LogP contribution in [-0.4, -0.2) is 152 Å². The van der Waals surface area contributed by atoms with Crippen LogP contribution in [0.5, 0.6) is 0 Å². The second-order valence-electron chi connectivity index (χ2n) is 17.2. The average molecular weight is 982 g/mol. The van der Waals surface area contributed by atoms with E-state index in [1.54, 1.807) is 55.2 Å². The van der Waals surface area contributed by atoms with E-state index in [4.69, 9.17) is 23.9 Å². The molecule has 1 aliphatic carbocycles. The number of aryl methyl sites for hydroxylation is 3. The van der Waals surface area contributed by atoms with Crippen LogP contribution in [0.2, 0.25) is 0 Å². The summed E-state index contributed by atoms with van der Waals surface area (Å²) in [7, 11) is 0. The Morgan fingerprint density at radius 3 is 2.04 bits per heavy atom. The van der Waals surface area contributed by atoms with Gasteiger partial charge in [0.2, 0.25) is 11.9 Å². The maximum absolute atomic E-state index is 13.6. The van der Waals surface area contributed by atoms with Gasteiger partial charge in [-0.1, -0.05) is 12.8 Å². The molecule has 1 saturated carbocycles. The number of carbonyl (C=O) groups excluding carboxylic acids is 4. The third kappa shape index (κ3) is 14.2. The number of Topliss-reactive ketones (excluding diaryl/α,β-unsaturated/α-hetero) is 1. The smallest absolute Gasteiger partial charge is 0.263 e. The number of hydrogen-bond acceptors (Lipinski definition) is 17. The molecule has 0 atom stereocenters. The Hall–Kier alpha value is -6.23. The molecule has 5 heterocycles. The van der Waals surface area contributed by atoms with Crippen molar-refractivity contribution < 1.29 is 38.1 Å². The van der Waals surface area contributed by atoms with Gasteiger partial charge in [-0.2, -0.15) is 4.98 Å². The molecular formula is C49H63N11O9S. The van der Waals surface area contributed by atoms with E-state index in [0.717, 1.165) is 62.4 Å². The molecule has 0 unspecified atom stereocenters. The molecule has 2 fully saturated rings. The number of carbonyl (C=O) groups is 4. The number of anilines is 4. The Morgan fingerprint density at radius 1 is 0.757 bits per heavy atom. The van der Waals surface area contributed by atoms with Crippen LogP contribution in [0, 0.1) is 20.8 Å². The van der Waals surface area contributed by atoms with Gasteiger partial charge >= 0.3 is 0 Å². The summed E-state index contributed by atoms with van der Waals surface area (Å²) in [6.07, 6.45) is 8.97. The monoisotopic (exact) mass is 981 g/mol. The van der Waals surface area contributed by atoms with E-state index in [1.165, 1.54) is 18.3 Å². The summed E-state index contributed by atoms with van der Waals surface area (Å²) in [5.74, 6) is 0.0591. The standard InChI is InChI=1S/C49H63N11O9S/c1-32-27-36(9-11-39(32)46(64)57-49-54-28-33(2)70-49)45(63)51-14-20-67-22-24-69-26-25-68-23-21-66-19-13-50-42(62)31-58-15-17-59(18-16-58)38-10-12-41(52-29-38)55-48-53-30-40-34(3)43(35(4)61)47(65)60(44(40)56-48)37-7-5-6-8-37/h9-12,27-30,37H,5-8,13-26,31H2,1-4H3,(H,50,62)(H,51,63)(H,54,57,64)(H,52,53,55,56). The zero-order chi connectivity index (χ0) is 49.4. The number of nitrogens with one attached hydrogen (secondary N) is 4. The number of hydrogen-bond donors (Lipinski definition) is 4. The first kappa shape index (κ1) is 51.6. The molecule has 2 aliphatic rings. The molecule has 1 aliphatic heterocycles. The van der Waals surface area contributed by atoms with Crippen molar-refractivity contribution >= 4 is 68.5 Å². The minimum Gasteiger partial charge on any atom is -0.377 e. The topological polar surface area (TPSA) is 233 Å². The molecule has 21 heteroatoms. The van der Waals surface area contributed by atoms with Crippen LogP contribution in [0.15, 0.2) is 53.7 Å². The van der Waals surface area contributed by atoms with Crippen LogP contribution in [0.25, 0.3) is 11.0 Å². The lowest BCUT2D eigenvalue weighted by atomic mass is 10.0. The number of thiazole rings is 1. The number of amides is 3. The maximum Gasteiger partial charge on any atom is 0.263 e. The number of piperazine rings is 1. The Kier molecular flexibility index (Phi) is 18.9. The average Bonchev–Trinajstić information content (AvgIpc) is 4.03. The van der Waals surface area contributed by atoms with E-state index in [0.29, 0.717) is 123 Å². The lowest BCUT2D eigenvalue weighted by Crippen LogP contribution is -2.49. The molecular weight excluding hydrogens is 919 g/mol. The first-order valence-electron chi connectivity index (χ1n) is 23.8. The van der Waals surface area contributed by atoms with Crippen molar-refractivity contribution in [3.8, 4) is 0 Å². The zero-order valence-electron chi connectivity index (χ0n) is 40.3. The van der Waals surface area contributed by atoms with E-state index < -0.39 is 0 Å². The van der Waals surface area contributed by atoms with Crippen LogP contribution in [0.1, 0.15) is 85.7 Å². The van der Waals surface area contributed by atoms with E-state index >= 15 is 0 Å². The number of aromatic nitrogens is 5. The van der Waals surface area contributed by atoms with E-state index in [1.807, 2.05) is 19.1 Å². The highest BCUT2D eigenvalue weighted by Gasteiger charge is 2.26. The predicted molar refractivity (Wildman–Crippen MR) is 267 cm³/mol. The third-order valence-electron chi connectivity index (χ3n) is 12.1. The minimum atomic E-state index is -0.287. The second kappa shape index (κ2) is 25.6. The Morgan fingerprint density at radius 2 is 1.43 bits per heavy atom. The lowest BCUT2D eigenvalue weighted by Gasteiger charge is -2.35. The highest BCUT2D eigenvalue weighted by Crippen LogP contribution is 2.32. The summed E-state index contributed by atoms with van der Waals surface area (Å²) < 4.78 is 23.9. The fourth-order valence-electron chi connectivity index (χ4n) is 8.49. The number of rotatable bonds is 25. The molecule has 374 valence electrons. The van der Waals surface area contributed by atoms with Crippen molar-refractivity contribution in [2.24, 2.45) is 0 Å². The lowest BCUT2D eigenvalue weighted by molar-refractivity contribution is -0.122. The summed E-state index contributed by atoms with van der Waals surface area (Å²) in [5, 5.41) is 12.9. The molecule has 0 spiro atoms. The Bertz CT molecular complexity index is 2650. The summed E-state index contributed by atoms with van der Waals surface area (Å²) in [4.78, 5) is 87.3. The molecule has 1 aromatic carbocycles. The van der Waals surface area contributed by atoms with Gasteiger partial charge in [0.05, 0.1) is 76.8 Å². The third-order valence-corrected chi connectivity index (χ3v) is 13.0. The highest BCUT2D eigenvalue weighted by atomic mass is 32.1. The molecule has 3 amide bonds. The van der Waals surface area contributed by atoms with Crippen molar-refractivity contribution in [3.63, 3.8) is 0 Å². The maximum atomic E-state index is 13.6. The Balaban J connectivity index is 0.684. The van der Waals surface area contributed by atoms with Gasteiger partial charge in [-0.3, -0.25) is 38.8 Å². The highest BCUT2D eigenvalue weighted by molar-refractivity contribution is 7.15. The second-order valence-corrected chi connectivity index (χ2v) is 18.4. The quantitative estimate of drug-likeness (QED) is 0.0462. The van der Waals surface area contributed by atoms with Crippen molar-refractivity contribution in [1.29, 1.82) is 0 Å². The van der Waals surface area contributed by atoms with Crippen LogP contribution >= 0.6 is 11.3 Å². The molecule has 0 radical (unpaired) electrons. The molecule has 70 heavy (non-hydrogen) atoms. The molecule has 5 aromatic rings. The first-order valence-corrected chi connectivity index (χ1v) is 24.6. The Labute approximate surface area is 410 Å². The van der Waals surface area contributed by atoms with Gasteiger partial charge in [0, 0.05) is 79.1 Å². The van der Waals surface area contributed by atoms with Crippen molar-refractivity contribution in [3.05, 3.63) is 92.0 Å². The van der Waals surface area contributed by atoms with Crippen LogP contribution in [0.3, 0.4) is 0 Å². The number of fused-ring (bicyclic) bond motifs is 1. The molecule has 0 bridgehead atoms. The van der Waals surface area contributed by atoms with Gasteiger partial charge in [-0.05, 0) is 82.0 Å². The number of nitrogens with zero attached hydrogens (tertiary/aromatic N) is 7. The number of benzene rings is 1. The molecule has 20 nitrogen and oxygen atoms in total. The van der Waals surface area contributed by atoms with Crippen LogP contribution in [-0.2, 0) is 23.7 Å². The van der Waals surface area contributed by atoms with Crippen molar-refractivity contribution in [1.82, 2.24) is 40.0 Å². The van der Waals surface area contributed by atoms with Gasteiger partial charge in [-0.25, -0.2) is 15.0 Å². The number of ketones is 1.